The van der Waals surface area contributed by atoms with E-state index in [0.717, 1.165) is 12.8 Å². The fourth-order valence-electron chi connectivity index (χ4n) is 2.65. The molecule has 20 heavy (non-hydrogen) atoms. The lowest BCUT2D eigenvalue weighted by molar-refractivity contribution is -0.122. The number of carbonyl (C=O) groups is 1. The van der Waals surface area contributed by atoms with Gasteiger partial charge < -0.3 is 5.11 Å². The first-order valence-electron chi connectivity index (χ1n) is 8.83. The Balaban J connectivity index is 3.15. The molecule has 0 heterocycles. The molecule has 0 saturated heterocycles. The minimum atomic E-state index is -0.113. The van der Waals surface area contributed by atoms with Gasteiger partial charge in [-0.15, -0.1) is 0 Å². The highest BCUT2D eigenvalue weighted by Gasteiger charge is 2.11. The van der Waals surface area contributed by atoms with E-state index in [2.05, 4.69) is 6.92 Å². The summed E-state index contributed by atoms with van der Waals surface area (Å²) in [5.74, 6) is 0.0219. The third kappa shape index (κ3) is 12.7. The molecule has 0 amide bonds. The Morgan fingerprint density at radius 3 is 1.55 bits per heavy atom. The first-order valence-corrected chi connectivity index (χ1v) is 8.83. The highest BCUT2D eigenvalue weighted by Crippen LogP contribution is 2.14. The fraction of sp³-hybridized carbons (Fsp3) is 0.944. The Morgan fingerprint density at radius 1 is 0.800 bits per heavy atom. The Kier molecular flexibility index (Phi) is 14.7. The fourth-order valence-corrected chi connectivity index (χ4v) is 2.65. The van der Waals surface area contributed by atoms with E-state index >= 15 is 0 Å². The second-order valence-corrected chi connectivity index (χ2v) is 6.17. The van der Waals surface area contributed by atoms with Crippen molar-refractivity contribution >= 4 is 5.78 Å². The van der Waals surface area contributed by atoms with E-state index in [4.69, 9.17) is 5.11 Å². The molecule has 2 heteroatoms. The van der Waals surface area contributed by atoms with E-state index in [1.54, 1.807) is 6.92 Å². The molecule has 0 aromatic rings. The number of hydrogen-bond donors (Lipinski definition) is 1. The summed E-state index contributed by atoms with van der Waals surface area (Å²) in [6, 6.07) is 0. The highest BCUT2D eigenvalue weighted by molar-refractivity contribution is 5.78. The second kappa shape index (κ2) is 15.0. The zero-order valence-electron chi connectivity index (χ0n) is 13.8. The number of ketones is 1. The van der Waals surface area contributed by atoms with E-state index in [9.17, 15) is 4.79 Å². The number of aliphatic hydroxyl groups is 1. The van der Waals surface area contributed by atoms with Crippen molar-refractivity contribution in [1.82, 2.24) is 0 Å². The zero-order valence-corrected chi connectivity index (χ0v) is 13.8. The molecule has 1 unspecified atom stereocenters. The normalized spacial score (nSPS) is 12.6. The standard InChI is InChI=1S/C18H36O2/c1-3-4-5-6-7-8-9-10-11-12-13-14-15-18(16-19)17(2)20/h18-19H,3-16H2,1-2H3. The van der Waals surface area contributed by atoms with Crippen molar-refractivity contribution in [1.29, 1.82) is 0 Å². The van der Waals surface area contributed by atoms with Crippen LogP contribution < -0.4 is 0 Å². The summed E-state index contributed by atoms with van der Waals surface area (Å²) in [5, 5.41) is 9.05. The predicted octanol–water partition coefficient (Wildman–Crippen LogP) is 5.28. The van der Waals surface area contributed by atoms with Gasteiger partial charge in [0.15, 0.2) is 0 Å². The zero-order chi connectivity index (χ0) is 15.1. The van der Waals surface area contributed by atoms with Crippen molar-refractivity contribution in [2.45, 2.75) is 97.3 Å². The summed E-state index contributed by atoms with van der Waals surface area (Å²) < 4.78 is 0. The third-order valence-electron chi connectivity index (χ3n) is 4.20. The van der Waals surface area contributed by atoms with Crippen LogP contribution in [0.15, 0.2) is 0 Å². The molecule has 0 aliphatic heterocycles. The first kappa shape index (κ1) is 19.6. The molecule has 0 spiro atoms. The monoisotopic (exact) mass is 284 g/mol. The van der Waals surface area contributed by atoms with E-state index in [0.29, 0.717) is 0 Å². The molecule has 1 atom stereocenters. The van der Waals surface area contributed by atoms with Gasteiger partial charge in [-0.1, -0.05) is 84.0 Å². The number of aliphatic hydroxyl groups excluding tert-OH is 1. The maximum absolute atomic E-state index is 11.1. The van der Waals surface area contributed by atoms with Gasteiger partial charge in [0.1, 0.15) is 5.78 Å². The average Bonchev–Trinajstić information content (AvgIpc) is 2.43. The number of hydrogen-bond acceptors (Lipinski definition) is 2. The Labute approximate surface area is 126 Å². The van der Waals surface area contributed by atoms with Crippen LogP contribution in [-0.2, 0) is 4.79 Å². The maximum Gasteiger partial charge on any atom is 0.135 e. The molecule has 1 N–H and O–H groups in total. The van der Waals surface area contributed by atoms with Crippen molar-refractivity contribution in [3.05, 3.63) is 0 Å². The van der Waals surface area contributed by atoms with Crippen LogP contribution in [-0.4, -0.2) is 17.5 Å². The molecule has 0 rings (SSSR count). The van der Waals surface area contributed by atoms with Gasteiger partial charge in [0.25, 0.3) is 0 Å². The summed E-state index contributed by atoms with van der Waals surface area (Å²) >= 11 is 0. The van der Waals surface area contributed by atoms with Gasteiger partial charge in [-0.3, -0.25) is 4.79 Å². The van der Waals surface area contributed by atoms with Gasteiger partial charge in [0, 0.05) is 5.92 Å². The van der Waals surface area contributed by atoms with Crippen LogP contribution in [0.2, 0.25) is 0 Å². The van der Waals surface area contributed by atoms with Crippen LogP contribution in [0, 0.1) is 5.92 Å². The number of unbranched alkanes of at least 4 members (excludes halogenated alkanes) is 11. The molecule has 0 saturated carbocycles. The van der Waals surface area contributed by atoms with E-state index in [-0.39, 0.29) is 18.3 Å². The summed E-state index contributed by atoms with van der Waals surface area (Å²) in [5.41, 5.74) is 0. The number of Topliss-reactive ketones (excluding diaryl/α,β-unsaturated/α-hetero) is 1. The molecule has 0 bridgehead atoms. The summed E-state index contributed by atoms with van der Waals surface area (Å²) in [6.07, 6.45) is 16.9. The van der Waals surface area contributed by atoms with Crippen molar-refractivity contribution in [2.24, 2.45) is 5.92 Å². The summed E-state index contributed by atoms with van der Waals surface area (Å²) in [6.45, 7) is 3.87. The van der Waals surface area contributed by atoms with Crippen LogP contribution >= 0.6 is 0 Å². The van der Waals surface area contributed by atoms with Crippen molar-refractivity contribution in [3.8, 4) is 0 Å². The molecule has 0 radical (unpaired) electrons. The lowest BCUT2D eigenvalue weighted by Gasteiger charge is -2.09. The Hall–Kier alpha value is -0.370. The Morgan fingerprint density at radius 2 is 1.20 bits per heavy atom. The van der Waals surface area contributed by atoms with Crippen LogP contribution in [0.3, 0.4) is 0 Å². The minimum absolute atomic E-state index is 0.0212. The smallest absolute Gasteiger partial charge is 0.135 e. The molecule has 0 aromatic carbocycles. The average molecular weight is 284 g/mol. The molecular formula is C18H36O2. The predicted molar refractivity (Wildman–Crippen MR) is 87.0 cm³/mol. The molecular weight excluding hydrogens is 248 g/mol. The molecule has 0 aliphatic rings. The van der Waals surface area contributed by atoms with Crippen molar-refractivity contribution in [3.63, 3.8) is 0 Å². The van der Waals surface area contributed by atoms with E-state index in [1.165, 1.54) is 70.6 Å². The maximum atomic E-state index is 11.1. The topological polar surface area (TPSA) is 37.3 Å². The number of rotatable bonds is 15. The molecule has 0 fully saturated rings. The van der Waals surface area contributed by atoms with Gasteiger partial charge in [0.05, 0.1) is 6.61 Å². The van der Waals surface area contributed by atoms with Gasteiger partial charge in [-0.2, -0.15) is 0 Å². The lowest BCUT2D eigenvalue weighted by Crippen LogP contribution is -2.15. The second-order valence-electron chi connectivity index (χ2n) is 6.17. The quantitative estimate of drug-likeness (QED) is 0.416. The van der Waals surface area contributed by atoms with Gasteiger partial charge in [-0.05, 0) is 13.3 Å². The minimum Gasteiger partial charge on any atom is -0.396 e. The summed E-state index contributed by atoms with van der Waals surface area (Å²) in [7, 11) is 0. The molecule has 0 aliphatic carbocycles. The van der Waals surface area contributed by atoms with E-state index in [1.807, 2.05) is 0 Å². The summed E-state index contributed by atoms with van der Waals surface area (Å²) in [4.78, 5) is 11.1. The largest absolute Gasteiger partial charge is 0.396 e. The van der Waals surface area contributed by atoms with Gasteiger partial charge >= 0.3 is 0 Å². The molecule has 0 aromatic heterocycles. The van der Waals surface area contributed by atoms with Crippen molar-refractivity contribution < 1.29 is 9.90 Å². The number of carbonyl (C=O) groups excluding carboxylic acids is 1. The molecule has 2 nitrogen and oxygen atoms in total. The van der Waals surface area contributed by atoms with Crippen LogP contribution in [0.4, 0.5) is 0 Å². The van der Waals surface area contributed by atoms with Crippen LogP contribution in [0.25, 0.3) is 0 Å². The Bertz CT molecular complexity index is 213. The van der Waals surface area contributed by atoms with Crippen LogP contribution in [0.1, 0.15) is 97.3 Å². The van der Waals surface area contributed by atoms with E-state index < -0.39 is 0 Å². The van der Waals surface area contributed by atoms with Gasteiger partial charge in [0.2, 0.25) is 0 Å². The lowest BCUT2D eigenvalue weighted by atomic mass is 9.97. The van der Waals surface area contributed by atoms with Crippen molar-refractivity contribution in [2.75, 3.05) is 6.61 Å². The molecule has 120 valence electrons. The van der Waals surface area contributed by atoms with Gasteiger partial charge in [-0.25, -0.2) is 0 Å². The highest BCUT2D eigenvalue weighted by atomic mass is 16.3. The SMILES string of the molecule is CCCCCCCCCCCCCCC(CO)C(C)=O. The van der Waals surface area contributed by atoms with Crippen LogP contribution in [0.5, 0.6) is 0 Å². The first-order chi connectivity index (χ1) is 9.72. The third-order valence-corrected chi connectivity index (χ3v) is 4.20.